The molecule has 1 N–H and O–H groups in total. The van der Waals surface area contributed by atoms with Crippen LogP contribution in [0.25, 0.3) is 10.2 Å². The fourth-order valence-corrected chi connectivity index (χ4v) is 2.72. The van der Waals surface area contributed by atoms with Gasteiger partial charge in [-0.1, -0.05) is 0 Å². The van der Waals surface area contributed by atoms with Gasteiger partial charge in [0.2, 0.25) is 0 Å². The van der Waals surface area contributed by atoms with Crippen molar-refractivity contribution in [3.8, 4) is 5.75 Å². The van der Waals surface area contributed by atoms with Gasteiger partial charge in [0.05, 0.1) is 11.4 Å². The van der Waals surface area contributed by atoms with Crippen molar-refractivity contribution in [3.05, 3.63) is 47.6 Å². The van der Waals surface area contributed by atoms with E-state index in [0.29, 0.717) is 5.82 Å². The topological polar surface area (TPSA) is 47.0 Å². The molecule has 0 aliphatic carbocycles. The lowest BCUT2D eigenvalue weighted by atomic mass is 10.3. The van der Waals surface area contributed by atoms with Gasteiger partial charge in [-0.15, -0.1) is 11.3 Å². The van der Waals surface area contributed by atoms with Gasteiger partial charge in [-0.2, -0.15) is 0 Å². The summed E-state index contributed by atoms with van der Waals surface area (Å²) in [5, 5.41) is 6.09. The minimum absolute atomic E-state index is 0.0263. The lowest BCUT2D eigenvalue weighted by Crippen LogP contribution is -2.24. The average Bonchev–Trinajstić information content (AvgIpc) is 2.96. The highest BCUT2D eigenvalue weighted by Gasteiger charge is 2.10. The molecule has 0 bridgehead atoms. The maximum Gasteiger partial charge on any atom is 0.167 e. The van der Waals surface area contributed by atoms with Gasteiger partial charge in [0.1, 0.15) is 29.4 Å². The Bertz CT molecular complexity index is 793. The van der Waals surface area contributed by atoms with Crippen LogP contribution in [0.15, 0.2) is 36.0 Å². The molecule has 114 valence electrons. The van der Waals surface area contributed by atoms with E-state index in [4.69, 9.17) is 4.74 Å². The number of ether oxygens (including phenoxy) is 1. The Kier molecular flexibility index (Phi) is 4.15. The summed E-state index contributed by atoms with van der Waals surface area (Å²) < 4.78 is 31.7. The molecule has 0 radical (unpaired) electrons. The van der Waals surface area contributed by atoms with E-state index < -0.39 is 11.6 Å². The van der Waals surface area contributed by atoms with Crippen molar-refractivity contribution in [2.24, 2.45) is 0 Å². The van der Waals surface area contributed by atoms with E-state index in [1.807, 2.05) is 18.4 Å². The third-order valence-corrected chi connectivity index (χ3v) is 3.85. The number of hydrogen-bond acceptors (Lipinski definition) is 5. The molecule has 0 saturated carbocycles. The summed E-state index contributed by atoms with van der Waals surface area (Å²) >= 11 is 1.53. The molecule has 0 amide bonds. The Hall–Kier alpha value is -2.28. The molecule has 0 aliphatic heterocycles. The van der Waals surface area contributed by atoms with Crippen molar-refractivity contribution in [3.63, 3.8) is 0 Å². The molecule has 0 saturated heterocycles. The zero-order valence-corrected chi connectivity index (χ0v) is 12.5. The number of halogens is 2. The standard InChI is InChI=1S/C15H13F2N3OS/c1-9(7-21-13-3-2-10(16)6-12(13)17)20-14-11-4-5-22-15(11)19-8-18-14/h2-6,8-9H,7H2,1H3,(H,18,19,20). The highest BCUT2D eigenvalue weighted by Crippen LogP contribution is 2.24. The SMILES string of the molecule is CC(COc1ccc(F)cc1F)Nc1ncnc2sccc12. The highest BCUT2D eigenvalue weighted by molar-refractivity contribution is 7.16. The van der Waals surface area contributed by atoms with E-state index in [9.17, 15) is 8.78 Å². The third kappa shape index (κ3) is 3.14. The molecule has 1 unspecified atom stereocenters. The van der Waals surface area contributed by atoms with Crippen molar-refractivity contribution < 1.29 is 13.5 Å². The van der Waals surface area contributed by atoms with Crippen LogP contribution in [0.3, 0.4) is 0 Å². The van der Waals surface area contributed by atoms with E-state index in [0.717, 1.165) is 22.3 Å². The smallest absolute Gasteiger partial charge is 0.167 e. The molecule has 1 atom stereocenters. The van der Waals surface area contributed by atoms with Crippen LogP contribution >= 0.6 is 11.3 Å². The van der Waals surface area contributed by atoms with E-state index in [1.165, 1.54) is 23.7 Å². The van der Waals surface area contributed by atoms with Crippen LogP contribution in [0.2, 0.25) is 0 Å². The zero-order valence-electron chi connectivity index (χ0n) is 11.7. The van der Waals surface area contributed by atoms with Gasteiger partial charge in [-0.3, -0.25) is 0 Å². The molecule has 22 heavy (non-hydrogen) atoms. The number of thiophene rings is 1. The quantitative estimate of drug-likeness (QED) is 0.775. The number of fused-ring (bicyclic) bond motifs is 1. The van der Waals surface area contributed by atoms with Gasteiger partial charge >= 0.3 is 0 Å². The second-order valence-electron chi connectivity index (χ2n) is 4.79. The average molecular weight is 321 g/mol. The summed E-state index contributed by atoms with van der Waals surface area (Å²) in [6.45, 7) is 2.11. The van der Waals surface area contributed by atoms with Gasteiger partial charge < -0.3 is 10.1 Å². The van der Waals surface area contributed by atoms with Crippen molar-refractivity contribution >= 4 is 27.4 Å². The summed E-state index contributed by atoms with van der Waals surface area (Å²) in [6, 6.07) is 5.07. The lowest BCUT2D eigenvalue weighted by molar-refractivity contribution is 0.288. The fourth-order valence-electron chi connectivity index (χ4n) is 1.99. The lowest BCUT2D eigenvalue weighted by Gasteiger charge is -2.16. The first-order valence-electron chi connectivity index (χ1n) is 6.66. The minimum atomic E-state index is -0.713. The Labute approximate surface area is 129 Å². The highest BCUT2D eigenvalue weighted by atomic mass is 32.1. The summed E-state index contributed by atoms with van der Waals surface area (Å²) in [5.41, 5.74) is 0. The van der Waals surface area contributed by atoms with Crippen molar-refractivity contribution in [2.75, 3.05) is 11.9 Å². The third-order valence-electron chi connectivity index (χ3n) is 3.03. The number of anilines is 1. The van der Waals surface area contributed by atoms with Crippen LogP contribution in [0, 0.1) is 11.6 Å². The Balaban J connectivity index is 1.65. The fraction of sp³-hybridized carbons (Fsp3) is 0.200. The predicted octanol–water partition coefficient (Wildman–Crippen LogP) is 3.85. The number of hydrogen-bond donors (Lipinski definition) is 1. The summed E-state index contributed by atoms with van der Waals surface area (Å²) in [7, 11) is 0. The monoisotopic (exact) mass is 321 g/mol. The number of rotatable bonds is 5. The molecule has 2 heterocycles. The van der Waals surface area contributed by atoms with Gasteiger partial charge in [-0.25, -0.2) is 18.7 Å². The number of benzene rings is 1. The molecular formula is C15H13F2N3OS. The molecule has 4 nitrogen and oxygen atoms in total. The molecule has 0 aliphatic rings. The van der Waals surface area contributed by atoms with E-state index in [-0.39, 0.29) is 18.4 Å². The van der Waals surface area contributed by atoms with Gasteiger partial charge in [0.15, 0.2) is 11.6 Å². The number of nitrogens with zero attached hydrogens (tertiary/aromatic N) is 2. The first kappa shape index (κ1) is 14.6. The molecule has 2 aromatic heterocycles. The zero-order chi connectivity index (χ0) is 15.5. The van der Waals surface area contributed by atoms with Crippen molar-refractivity contribution in [1.82, 2.24) is 9.97 Å². The van der Waals surface area contributed by atoms with Gasteiger partial charge in [0.25, 0.3) is 0 Å². The first-order valence-corrected chi connectivity index (χ1v) is 7.54. The van der Waals surface area contributed by atoms with E-state index >= 15 is 0 Å². The van der Waals surface area contributed by atoms with Crippen molar-refractivity contribution in [1.29, 1.82) is 0 Å². The maximum absolute atomic E-state index is 13.5. The molecular weight excluding hydrogens is 308 g/mol. The Morgan fingerprint density at radius 3 is 2.95 bits per heavy atom. The molecule has 0 fully saturated rings. The maximum atomic E-state index is 13.5. The second-order valence-corrected chi connectivity index (χ2v) is 5.69. The van der Waals surface area contributed by atoms with Crippen molar-refractivity contribution in [2.45, 2.75) is 13.0 Å². The van der Waals surface area contributed by atoms with E-state index in [1.54, 1.807) is 0 Å². The van der Waals surface area contributed by atoms with Crippen LogP contribution in [0.4, 0.5) is 14.6 Å². The second kappa shape index (κ2) is 6.23. The van der Waals surface area contributed by atoms with Crippen LogP contribution in [0.1, 0.15) is 6.92 Å². The summed E-state index contributed by atoms with van der Waals surface area (Å²) in [4.78, 5) is 9.28. The molecule has 3 aromatic rings. The molecule has 0 spiro atoms. The summed E-state index contributed by atoms with van der Waals surface area (Å²) in [6.07, 6.45) is 1.49. The van der Waals surface area contributed by atoms with Crippen LogP contribution < -0.4 is 10.1 Å². The van der Waals surface area contributed by atoms with Crippen LogP contribution in [0.5, 0.6) is 5.75 Å². The molecule has 1 aromatic carbocycles. The van der Waals surface area contributed by atoms with E-state index in [2.05, 4.69) is 15.3 Å². The molecule has 7 heteroatoms. The Morgan fingerprint density at radius 1 is 1.27 bits per heavy atom. The number of aromatic nitrogens is 2. The van der Waals surface area contributed by atoms with Gasteiger partial charge in [-0.05, 0) is 30.5 Å². The normalized spacial score (nSPS) is 12.3. The predicted molar refractivity (Wildman–Crippen MR) is 82.4 cm³/mol. The number of nitrogens with one attached hydrogen (secondary N) is 1. The van der Waals surface area contributed by atoms with Crippen LogP contribution in [-0.2, 0) is 0 Å². The molecule has 3 rings (SSSR count). The van der Waals surface area contributed by atoms with Crippen LogP contribution in [-0.4, -0.2) is 22.6 Å². The largest absolute Gasteiger partial charge is 0.488 e. The minimum Gasteiger partial charge on any atom is -0.488 e. The van der Waals surface area contributed by atoms with Gasteiger partial charge in [0, 0.05) is 6.07 Å². The summed E-state index contributed by atoms with van der Waals surface area (Å²) in [5.74, 6) is -0.605. The first-order chi connectivity index (χ1) is 10.6. The Morgan fingerprint density at radius 2 is 2.14 bits per heavy atom.